The van der Waals surface area contributed by atoms with E-state index in [0.717, 1.165) is 36.9 Å². The van der Waals surface area contributed by atoms with Crippen LogP contribution < -0.4 is 4.90 Å². The molecule has 0 radical (unpaired) electrons. The zero-order valence-electron chi connectivity index (χ0n) is 17.4. The Hall–Kier alpha value is -2.73. The van der Waals surface area contributed by atoms with Crippen LogP contribution in [0.25, 0.3) is 0 Å². The first-order valence-electron chi connectivity index (χ1n) is 11.2. The standard InChI is InChI=1S/C25H27FN2O3/c26-19-12-6-4-10-17(19)25(31)28-21-14-27(24(30)16-8-2-1-3-9-16)20-13-7-5-11-18(20)23(21)22(28)15-29/h4-7,10-13,16,21-23,29H,1-3,8-9,14-15H2/t21-,22+,23+/m1/s1. The molecule has 0 bridgehead atoms. The molecule has 5 nitrogen and oxygen atoms in total. The molecule has 0 aromatic heterocycles. The van der Waals surface area contributed by atoms with Crippen molar-refractivity contribution >= 4 is 17.5 Å². The Morgan fingerprint density at radius 3 is 2.45 bits per heavy atom. The van der Waals surface area contributed by atoms with Crippen LogP contribution in [0.2, 0.25) is 0 Å². The Labute approximate surface area is 181 Å². The molecule has 2 fully saturated rings. The van der Waals surface area contributed by atoms with Crippen molar-refractivity contribution in [3.63, 3.8) is 0 Å². The number of carbonyl (C=O) groups is 2. The van der Waals surface area contributed by atoms with E-state index in [0.29, 0.717) is 6.54 Å². The van der Waals surface area contributed by atoms with E-state index in [-0.39, 0.29) is 36.0 Å². The number of amides is 2. The van der Waals surface area contributed by atoms with E-state index in [2.05, 4.69) is 0 Å². The van der Waals surface area contributed by atoms with Gasteiger partial charge in [-0.05, 0) is 36.6 Å². The number of para-hydroxylation sites is 1. The number of nitrogens with zero attached hydrogens (tertiary/aromatic N) is 2. The highest BCUT2D eigenvalue weighted by atomic mass is 19.1. The predicted molar refractivity (Wildman–Crippen MR) is 115 cm³/mol. The van der Waals surface area contributed by atoms with E-state index in [1.807, 2.05) is 29.2 Å². The molecule has 3 atom stereocenters. The highest BCUT2D eigenvalue weighted by Gasteiger charge is 2.55. The molecule has 0 spiro atoms. The summed E-state index contributed by atoms with van der Waals surface area (Å²) in [6.07, 6.45) is 5.13. The number of hydrogen-bond donors (Lipinski definition) is 1. The van der Waals surface area contributed by atoms with Gasteiger partial charge in [0.15, 0.2) is 0 Å². The third-order valence-corrected chi connectivity index (χ3v) is 7.25. The molecule has 1 saturated carbocycles. The second-order valence-corrected chi connectivity index (χ2v) is 8.88. The number of anilines is 1. The van der Waals surface area contributed by atoms with Gasteiger partial charge in [-0.2, -0.15) is 0 Å². The summed E-state index contributed by atoms with van der Waals surface area (Å²) >= 11 is 0. The molecule has 1 aliphatic carbocycles. The highest BCUT2D eigenvalue weighted by Crippen LogP contribution is 2.49. The average Bonchev–Trinajstić information content (AvgIpc) is 2.79. The molecule has 2 aliphatic heterocycles. The largest absolute Gasteiger partial charge is 0.394 e. The van der Waals surface area contributed by atoms with Crippen molar-refractivity contribution in [1.29, 1.82) is 0 Å². The molecular weight excluding hydrogens is 395 g/mol. The Morgan fingerprint density at radius 1 is 1.00 bits per heavy atom. The first kappa shape index (κ1) is 20.2. The number of carbonyl (C=O) groups excluding carboxylic acids is 2. The highest BCUT2D eigenvalue weighted by molar-refractivity contribution is 5.99. The van der Waals surface area contributed by atoms with Gasteiger partial charge in [0, 0.05) is 24.1 Å². The first-order chi connectivity index (χ1) is 15.1. The number of fused-ring (bicyclic) bond motifs is 3. The Balaban J connectivity index is 1.50. The summed E-state index contributed by atoms with van der Waals surface area (Å²) in [5, 5.41) is 10.1. The number of rotatable bonds is 3. The van der Waals surface area contributed by atoms with Gasteiger partial charge < -0.3 is 14.9 Å². The fraction of sp³-hybridized carbons (Fsp3) is 0.440. The van der Waals surface area contributed by atoms with Crippen LogP contribution in [0.4, 0.5) is 10.1 Å². The molecule has 0 unspecified atom stereocenters. The van der Waals surface area contributed by atoms with E-state index in [9.17, 15) is 19.1 Å². The maximum absolute atomic E-state index is 14.3. The van der Waals surface area contributed by atoms with Crippen LogP contribution in [0.15, 0.2) is 48.5 Å². The van der Waals surface area contributed by atoms with Crippen molar-refractivity contribution in [2.24, 2.45) is 5.92 Å². The van der Waals surface area contributed by atoms with E-state index < -0.39 is 17.8 Å². The van der Waals surface area contributed by atoms with E-state index >= 15 is 0 Å². The van der Waals surface area contributed by atoms with Gasteiger partial charge in [0.2, 0.25) is 5.91 Å². The smallest absolute Gasteiger partial charge is 0.257 e. The molecule has 2 heterocycles. The minimum Gasteiger partial charge on any atom is -0.394 e. The number of benzene rings is 2. The van der Waals surface area contributed by atoms with Crippen LogP contribution in [0, 0.1) is 11.7 Å². The first-order valence-corrected chi connectivity index (χ1v) is 11.2. The summed E-state index contributed by atoms with van der Waals surface area (Å²) < 4.78 is 14.3. The summed E-state index contributed by atoms with van der Waals surface area (Å²) in [5.41, 5.74) is 1.87. The van der Waals surface area contributed by atoms with Crippen LogP contribution in [-0.4, -0.2) is 47.1 Å². The van der Waals surface area contributed by atoms with Gasteiger partial charge in [0.05, 0.1) is 24.3 Å². The van der Waals surface area contributed by atoms with Crippen LogP contribution in [-0.2, 0) is 4.79 Å². The lowest BCUT2D eigenvalue weighted by Crippen LogP contribution is -2.71. The molecule has 31 heavy (non-hydrogen) atoms. The van der Waals surface area contributed by atoms with Gasteiger partial charge in [0.25, 0.3) is 5.91 Å². The summed E-state index contributed by atoms with van der Waals surface area (Å²) in [4.78, 5) is 30.1. The van der Waals surface area contributed by atoms with Crippen LogP contribution in [0.3, 0.4) is 0 Å². The van der Waals surface area contributed by atoms with Gasteiger partial charge in [-0.25, -0.2) is 4.39 Å². The number of aliphatic hydroxyl groups excluding tert-OH is 1. The van der Waals surface area contributed by atoms with Crippen LogP contribution >= 0.6 is 0 Å². The van der Waals surface area contributed by atoms with Crippen LogP contribution in [0.5, 0.6) is 0 Å². The third kappa shape index (κ3) is 3.24. The minimum atomic E-state index is -0.570. The molecule has 2 aromatic carbocycles. The monoisotopic (exact) mass is 422 g/mol. The molecule has 1 saturated heterocycles. The zero-order chi connectivity index (χ0) is 21.5. The topological polar surface area (TPSA) is 60.9 Å². The van der Waals surface area contributed by atoms with Gasteiger partial charge >= 0.3 is 0 Å². The average molecular weight is 423 g/mol. The Kier molecular flexibility index (Phi) is 5.26. The van der Waals surface area contributed by atoms with Crippen molar-refractivity contribution in [2.75, 3.05) is 18.1 Å². The predicted octanol–water partition coefficient (Wildman–Crippen LogP) is 3.72. The summed E-state index contributed by atoms with van der Waals surface area (Å²) in [6, 6.07) is 13.0. The molecular formula is C25H27FN2O3. The summed E-state index contributed by atoms with van der Waals surface area (Å²) in [6.45, 7) is 0.181. The van der Waals surface area contributed by atoms with Crippen molar-refractivity contribution < 1.29 is 19.1 Å². The lowest BCUT2D eigenvalue weighted by Gasteiger charge is -2.59. The van der Waals surface area contributed by atoms with Gasteiger partial charge in [0.1, 0.15) is 5.82 Å². The fourth-order valence-corrected chi connectivity index (χ4v) is 5.72. The fourth-order valence-electron chi connectivity index (χ4n) is 5.72. The summed E-state index contributed by atoms with van der Waals surface area (Å²) in [5.74, 6) is -0.923. The molecule has 162 valence electrons. The lowest BCUT2D eigenvalue weighted by atomic mass is 9.71. The molecule has 3 aliphatic rings. The SMILES string of the molecule is O=C(C1CCCCC1)N1C[C@@H]2[C@H](c3ccccc31)[C@H](CO)N2C(=O)c1ccccc1F. The zero-order valence-corrected chi connectivity index (χ0v) is 17.4. The maximum Gasteiger partial charge on any atom is 0.257 e. The third-order valence-electron chi connectivity index (χ3n) is 7.25. The molecule has 1 N–H and O–H groups in total. The maximum atomic E-state index is 14.3. The number of halogens is 1. The summed E-state index contributed by atoms with van der Waals surface area (Å²) in [7, 11) is 0. The minimum absolute atomic E-state index is 0.00316. The lowest BCUT2D eigenvalue weighted by molar-refractivity contribution is -0.124. The van der Waals surface area contributed by atoms with E-state index in [4.69, 9.17) is 0 Å². The van der Waals surface area contributed by atoms with Crippen LogP contribution in [0.1, 0.15) is 53.9 Å². The van der Waals surface area contributed by atoms with Crippen molar-refractivity contribution in [3.05, 3.63) is 65.5 Å². The van der Waals surface area contributed by atoms with Gasteiger partial charge in [-0.15, -0.1) is 0 Å². The van der Waals surface area contributed by atoms with Crippen molar-refractivity contribution in [2.45, 2.75) is 50.1 Å². The van der Waals surface area contributed by atoms with Gasteiger partial charge in [-0.1, -0.05) is 49.6 Å². The van der Waals surface area contributed by atoms with E-state index in [1.165, 1.54) is 18.6 Å². The Bertz CT molecular complexity index is 1000. The molecule has 2 aromatic rings. The Morgan fingerprint density at radius 2 is 1.71 bits per heavy atom. The van der Waals surface area contributed by atoms with Gasteiger partial charge in [-0.3, -0.25) is 9.59 Å². The van der Waals surface area contributed by atoms with E-state index in [1.54, 1.807) is 17.0 Å². The molecule has 6 heteroatoms. The quantitative estimate of drug-likeness (QED) is 0.820. The van der Waals surface area contributed by atoms with Crippen molar-refractivity contribution in [3.8, 4) is 0 Å². The second-order valence-electron chi connectivity index (χ2n) is 8.88. The number of hydrogen-bond acceptors (Lipinski definition) is 3. The molecule has 5 rings (SSSR count). The number of likely N-dealkylation sites (tertiary alicyclic amines) is 1. The molecule has 2 amide bonds. The second kappa shape index (κ2) is 8.08. The normalized spacial score (nSPS) is 25.4. The number of aliphatic hydroxyl groups is 1. The van der Waals surface area contributed by atoms with Crippen molar-refractivity contribution in [1.82, 2.24) is 4.90 Å².